The highest BCUT2D eigenvalue weighted by Gasteiger charge is 2.18. The van der Waals surface area contributed by atoms with E-state index in [1.54, 1.807) is 13.2 Å². The maximum atomic E-state index is 13.4. The summed E-state index contributed by atoms with van der Waals surface area (Å²) in [6.45, 7) is 4.01. The minimum Gasteiger partial charge on any atom is -0.496 e. The van der Waals surface area contributed by atoms with Crippen molar-refractivity contribution in [2.45, 2.75) is 19.2 Å². The second-order valence-electron chi connectivity index (χ2n) is 4.61. The second-order valence-corrected chi connectivity index (χ2v) is 5.05. The molecule has 0 aromatic heterocycles. The van der Waals surface area contributed by atoms with Gasteiger partial charge < -0.3 is 4.74 Å². The quantitative estimate of drug-likeness (QED) is 0.734. The number of rotatable bonds is 3. The fourth-order valence-corrected chi connectivity index (χ4v) is 2.51. The van der Waals surface area contributed by atoms with E-state index in [4.69, 9.17) is 16.3 Å². The number of hydrogen-bond donors (Lipinski definition) is 0. The van der Waals surface area contributed by atoms with Crippen LogP contribution in [0.2, 0.25) is 0 Å². The summed E-state index contributed by atoms with van der Waals surface area (Å²) in [5, 5.41) is -0.425. The molecule has 2 aromatic rings. The first-order valence-corrected chi connectivity index (χ1v) is 6.51. The Kier molecular flexibility index (Phi) is 4.11. The van der Waals surface area contributed by atoms with Crippen LogP contribution in [0.1, 0.15) is 27.6 Å². The largest absolute Gasteiger partial charge is 0.496 e. The maximum absolute atomic E-state index is 13.4. The molecule has 0 aliphatic rings. The highest BCUT2D eigenvalue weighted by atomic mass is 35.5. The summed E-state index contributed by atoms with van der Waals surface area (Å²) in [4.78, 5) is 0. The van der Waals surface area contributed by atoms with Gasteiger partial charge in [-0.2, -0.15) is 0 Å². The van der Waals surface area contributed by atoms with Crippen LogP contribution in [-0.4, -0.2) is 7.11 Å². The van der Waals surface area contributed by atoms with Crippen LogP contribution in [-0.2, 0) is 0 Å². The van der Waals surface area contributed by atoms with E-state index >= 15 is 0 Å². The van der Waals surface area contributed by atoms with Gasteiger partial charge in [0.2, 0.25) is 0 Å². The van der Waals surface area contributed by atoms with Crippen LogP contribution in [0.5, 0.6) is 5.75 Å². The molecule has 19 heavy (non-hydrogen) atoms. The van der Waals surface area contributed by atoms with Crippen LogP contribution >= 0.6 is 11.6 Å². The summed E-state index contributed by atoms with van der Waals surface area (Å²) in [5.74, 6) is 0.286. The molecule has 0 aliphatic heterocycles. The van der Waals surface area contributed by atoms with E-state index in [1.807, 2.05) is 32.0 Å². The van der Waals surface area contributed by atoms with Crippen LogP contribution in [0, 0.1) is 19.7 Å². The molecular weight excluding hydrogens is 263 g/mol. The predicted octanol–water partition coefficient (Wildman–Crippen LogP) is 4.78. The first-order valence-electron chi connectivity index (χ1n) is 6.07. The zero-order valence-electron chi connectivity index (χ0n) is 11.2. The SMILES string of the molecule is COc1ccc(F)cc1C(Cl)c1cc(C)ccc1C. The molecule has 0 radical (unpaired) electrons. The lowest BCUT2D eigenvalue weighted by Gasteiger charge is -2.17. The molecule has 0 heterocycles. The molecule has 0 fully saturated rings. The van der Waals surface area contributed by atoms with Gasteiger partial charge in [0.05, 0.1) is 12.5 Å². The monoisotopic (exact) mass is 278 g/mol. The molecule has 0 N–H and O–H groups in total. The van der Waals surface area contributed by atoms with Crippen molar-refractivity contribution in [2.75, 3.05) is 7.11 Å². The van der Waals surface area contributed by atoms with Gasteiger partial charge in [0.1, 0.15) is 11.6 Å². The fourth-order valence-electron chi connectivity index (χ4n) is 2.10. The fraction of sp³-hybridized carbons (Fsp3) is 0.250. The van der Waals surface area contributed by atoms with Crippen LogP contribution in [0.15, 0.2) is 36.4 Å². The number of methoxy groups -OCH3 is 1. The molecule has 1 nitrogen and oxygen atoms in total. The molecule has 0 saturated carbocycles. The smallest absolute Gasteiger partial charge is 0.124 e. The molecule has 0 spiro atoms. The third-order valence-corrected chi connectivity index (χ3v) is 3.64. The number of alkyl halides is 1. The summed E-state index contributed by atoms with van der Waals surface area (Å²) >= 11 is 6.52. The van der Waals surface area contributed by atoms with Crippen LogP contribution in [0.25, 0.3) is 0 Å². The zero-order chi connectivity index (χ0) is 14.0. The molecule has 0 bridgehead atoms. The minimum atomic E-state index is -0.425. The number of halogens is 2. The van der Waals surface area contributed by atoms with E-state index in [0.717, 1.165) is 16.7 Å². The molecule has 1 unspecified atom stereocenters. The number of ether oxygens (including phenoxy) is 1. The average molecular weight is 279 g/mol. The summed E-state index contributed by atoms with van der Waals surface area (Å²) in [6.07, 6.45) is 0. The minimum absolute atomic E-state index is 0.313. The molecule has 1 atom stereocenters. The van der Waals surface area contributed by atoms with Gasteiger partial charge in [0, 0.05) is 5.56 Å². The van der Waals surface area contributed by atoms with E-state index in [-0.39, 0.29) is 5.82 Å². The Labute approximate surface area is 118 Å². The first kappa shape index (κ1) is 13.9. The molecule has 3 heteroatoms. The van der Waals surface area contributed by atoms with Crippen LogP contribution < -0.4 is 4.74 Å². The maximum Gasteiger partial charge on any atom is 0.124 e. The Morgan fingerprint density at radius 2 is 1.79 bits per heavy atom. The van der Waals surface area contributed by atoms with Crippen molar-refractivity contribution in [3.8, 4) is 5.75 Å². The number of aryl methyl sites for hydroxylation is 2. The zero-order valence-corrected chi connectivity index (χ0v) is 12.0. The Balaban J connectivity index is 2.51. The van der Waals surface area contributed by atoms with Gasteiger partial charge in [-0.1, -0.05) is 23.8 Å². The molecule has 100 valence electrons. The summed E-state index contributed by atoms with van der Waals surface area (Å²) in [6, 6.07) is 10.5. The van der Waals surface area contributed by atoms with Gasteiger partial charge in [-0.25, -0.2) is 4.39 Å². The standard InChI is InChI=1S/C16H16ClFO/c1-10-4-5-11(2)13(8-10)16(17)14-9-12(18)6-7-15(14)19-3/h4-9,16H,1-3H3. The van der Waals surface area contributed by atoms with Crippen molar-refractivity contribution in [3.63, 3.8) is 0 Å². The molecule has 0 saturated heterocycles. The summed E-state index contributed by atoms with van der Waals surface area (Å²) < 4.78 is 18.7. The third-order valence-electron chi connectivity index (χ3n) is 3.17. The van der Waals surface area contributed by atoms with Crippen molar-refractivity contribution < 1.29 is 9.13 Å². The lowest BCUT2D eigenvalue weighted by molar-refractivity contribution is 0.409. The Bertz CT molecular complexity index is 595. The Morgan fingerprint density at radius 3 is 2.47 bits per heavy atom. The van der Waals surface area contributed by atoms with E-state index in [2.05, 4.69) is 0 Å². The normalized spacial score (nSPS) is 12.3. The number of benzene rings is 2. The lowest BCUT2D eigenvalue weighted by Crippen LogP contribution is -2.00. The van der Waals surface area contributed by atoms with Gasteiger partial charge in [-0.15, -0.1) is 11.6 Å². The summed E-state index contributed by atoms with van der Waals surface area (Å²) in [5.41, 5.74) is 3.84. The number of hydrogen-bond acceptors (Lipinski definition) is 1. The van der Waals surface area contributed by atoms with Crippen LogP contribution in [0.4, 0.5) is 4.39 Å². The highest BCUT2D eigenvalue weighted by molar-refractivity contribution is 6.23. The van der Waals surface area contributed by atoms with E-state index in [1.165, 1.54) is 12.1 Å². The highest BCUT2D eigenvalue weighted by Crippen LogP contribution is 2.37. The molecule has 2 rings (SSSR count). The van der Waals surface area contributed by atoms with Gasteiger partial charge in [-0.05, 0) is 43.2 Å². The van der Waals surface area contributed by atoms with E-state index < -0.39 is 5.38 Å². The van der Waals surface area contributed by atoms with Crippen molar-refractivity contribution in [1.29, 1.82) is 0 Å². The van der Waals surface area contributed by atoms with Crippen molar-refractivity contribution in [3.05, 3.63) is 64.5 Å². The Hall–Kier alpha value is -1.54. The van der Waals surface area contributed by atoms with E-state index in [9.17, 15) is 4.39 Å². The van der Waals surface area contributed by atoms with Gasteiger partial charge in [0.25, 0.3) is 0 Å². The topological polar surface area (TPSA) is 9.23 Å². The lowest BCUT2D eigenvalue weighted by atomic mass is 9.97. The van der Waals surface area contributed by atoms with E-state index in [0.29, 0.717) is 11.3 Å². The average Bonchev–Trinajstić information content (AvgIpc) is 2.40. The third kappa shape index (κ3) is 2.90. The molecular formula is C16H16ClFO. The molecule has 0 amide bonds. The predicted molar refractivity (Wildman–Crippen MR) is 76.6 cm³/mol. The molecule has 0 aliphatic carbocycles. The second kappa shape index (κ2) is 5.62. The van der Waals surface area contributed by atoms with Crippen LogP contribution in [0.3, 0.4) is 0 Å². The van der Waals surface area contributed by atoms with Gasteiger partial charge >= 0.3 is 0 Å². The Morgan fingerprint density at radius 1 is 1.05 bits per heavy atom. The van der Waals surface area contributed by atoms with Crippen molar-refractivity contribution >= 4 is 11.6 Å². The van der Waals surface area contributed by atoms with Crippen molar-refractivity contribution in [1.82, 2.24) is 0 Å². The van der Waals surface area contributed by atoms with Crippen molar-refractivity contribution in [2.24, 2.45) is 0 Å². The summed E-state index contributed by atoms with van der Waals surface area (Å²) in [7, 11) is 1.56. The van der Waals surface area contributed by atoms with Gasteiger partial charge in [-0.3, -0.25) is 0 Å². The first-order chi connectivity index (χ1) is 9.02. The van der Waals surface area contributed by atoms with Gasteiger partial charge in [0.15, 0.2) is 0 Å². The molecule has 2 aromatic carbocycles.